The number of anilines is 2. The van der Waals surface area contributed by atoms with Gasteiger partial charge in [0.2, 0.25) is 0 Å². The van der Waals surface area contributed by atoms with Crippen molar-refractivity contribution in [3.8, 4) is 0 Å². The molecule has 0 aromatic heterocycles. The van der Waals surface area contributed by atoms with E-state index in [0.29, 0.717) is 0 Å². The first kappa shape index (κ1) is 11.6. The Morgan fingerprint density at radius 3 is 1.50 bits per heavy atom. The molecule has 2 nitrogen and oxygen atoms in total. The summed E-state index contributed by atoms with van der Waals surface area (Å²) < 4.78 is 2.39. The minimum absolute atomic E-state index is 0.842. The fourth-order valence-electron chi connectivity index (χ4n) is 1.42. The molecule has 0 amide bonds. The molecule has 16 heavy (non-hydrogen) atoms. The van der Waals surface area contributed by atoms with Crippen LogP contribution in [-0.4, -0.2) is 25.2 Å². The summed E-state index contributed by atoms with van der Waals surface area (Å²) >= 11 is 2.03. The molecule has 0 saturated carbocycles. The van der Waals surface area contributed by atoms with E-state index in [1.807, 2.05) is 36.4 Å². The second-order valence-corrected chi connectivity index (χ2v) is 9.95. The molecule has 4 heteroatoms. The summed E-state index contributed by atoms with van der Waals surface area (Å²) in [6.45, 7) is 0. The fraction of sp³-hybridized carbons (Fsp3) is 0. The van der Waals surface area contributed by atoms with E-state index in [4.69, 9.17) is 11.5 Å². The van der Waals surface area contributed by atoms with E-state index in [0.717, 1.165) is 11.4 Å². The average Bonchev–Trinajstić information content (AvgIpc) is 2.29. The van der Waals surface area contributed by atoms with E-state index < -0.39 is 11.5 Å². The van der Waals surface area contributed by atoms with Crippen LogP contribution in [-0.2, 0) is 0 Å². The third-order valence-electron chi connectivity index (χ3n) is 2.24. The summed E-state index contributed by atoms with van der Waals surface area (Å²) in [4.78, 5) is 0. The van der Waals surface area contributed by atoms with Gasteiger partial charge < -0.3 is 0 Å². The second-order valence-electron chi connectivity index (χ2n) is 3.34. The van der Waals surface area contributed by atoms with Gasteiger partial charge >= 0.3 is 105 Å². The Labute approximate surface area is 105 Å². The molecule has 0 spiro atoms. The van der Waals surface area contributed by atoms with E-state index in [9.17, 15) is 0 Å². The molecule has 0 heterocycles. The molecule has 0 saturated heterocycles. The average molecular weight is 342 g/mol. The third kappa shape index (κ3) is 2.26. The molecule has 0 bridgehead atoms. The van der Waals surface area contributed by atoms with Gasteiger partial charge in [0.15, 0.2) is 0 Å². The minimum atomic E-state index is -1.23. The van der Waals surface area contributed by atoms with Crippen molar-refractivity contribution in [3.63, 3.8) is 0 Å². The van der Waals surface area contributed by atoms with Crippen molar-refractivity contribution in [3.05, 3.63) is 48.5 Å². The number of rotatable bonds is 2. The molecule has 0 aliphatic rings. The van der Waals surface area contributed by atoms with Gasteiger partial charge in [-0.1, -0.05) is 0 Å². The van der Waals surface area contributed by atoms with Gasteiger partial charge in [-0.05, 0) is 0 Å². The van der Waals surface area contributed by atoms with Crippen molar-refractivity contribution < 1.29 is 0 Å². The Hall–Kier alpha value is -0.921. The summed E-state index contributed by atoms with van der Waals surface area (Å²) in [7, 11) is 0. The monoisotopic (exact) mass is 344 g/mol. The molecule has 2 aromatic carbocycles. The van der Waals surface area contributed by atoms with Crippen molar-refractivity contribution in [2.45, 2.75) is 0 Å². The van der Waals surface area contributed by atoms with Crippen molar-refractivity contribution in [2.75, 3.05) is 11.5 Å². The first-order valence-corrected chi connectivity index (χ1v) is 10.9. The van der Waals surface area contributed by atoms with Gasteiger partial charge in [0, 0.05) is 0 Å². The van der Waals surface area contributed by atoms with E-state index in [-0.39, 0.29) is 0 Å². The van der Waals surface area contributed by atoms with Gasteiger partial charge in [0.25, 0.3) is 0 Å². The summed E-state index contributed by atoms with van der Waals surface area (Å²) in [5.74, 6) is 0. The number of para-hydroxylation sites is 2. The fourth-order valence-corrected chi connectivity index (χ4v) is 7.26. The summed E-state index contributed by atoms with van der Waals surface area (Å²) in [5, 5.41) is 0. The van der Waals surface area contributed by atoms with E-state index in [1.54, 1.807) is 0 Å². The number of nitrogen functional groups attached to an aromatic ring is 2. The van der Waals surface area contributed by atoms with Crippen LogP contribution in [0, 0.1) is 0 Å². The Bertz CT molecular complexity index is 491. The number of hydrogen-bond acceptors (Lipinski definition) is 2. The molecule has 0 atom stereocenters. The zero-order valence-electron chi connectivity index (χ0n) is 8.59. The molecule has 82 valence electrons. The number of nitrogens with two attached hydrogens (primary N) is 2. The predicted octanol–water partition coefficient (Wildman–Crippen LogP) is 0.125. The van der Waals surface area contributed by atoms with Gasteiger partial charge in [-0.3, -0.25) is 0 Å². The topological polar surface area (TPSA) is 52.0 Å². The molecule has 4 N–H and O–H groups in total. The van der Waals surface area contributed by atoms with Crippen molar-refractivity contribution >= 4 is 45.5 Å². The SMILES string of the molecule is Nc1ccccc1[Se](=[Se])c1ccccc1N. The Balaban J connectivity index is 2.48. The van der Waals surface area contributed by atoms with Crippen LogP contribution in [0.5, 0.6) is 0 Å². The van der Waals surface area contributed by atoms with Crippen LogP contribution in [0.1, 0.15) is 0 Å². The molecule has 0 unspecified atom stereocenters. The van der Waals surface area contributed by atoms with Crippen LogP contribution >= 0.6 is 0 Å². The van der Waals surface area contributed by atoms with Crippen LogP contribution in [0.3, 0.4) is 0 Å². The maximum atomic E-state index is 5.98. The molecule has 0 radical (unpaired) electrons. The maximum absolute atomic E-state index is 5.98. The normalized spacial score (nSPS) is 10.6. The predicted molar refractivity (Wildman–Crippen MR) is 72.5 cm³/mol. The standard InChI is InChI=1S/C12H12N2Se2/c13-9-5-1-3-7-11(9)16(15)12-8-4-2-6-10(12)14/h1-8H,13-14H2. The summed E-state index contributed by atoms with van der Waals surface area (Å²) in [5.41, 5.74) is 13.6. The van der Waals surface area contributed by atoms with Gasteiger partial charge in [0.05, 0.1) is 0 Å². The first-order valence-electron chi connectivity index (χ1n) is 4.81. The zero-order chi connectivity index (χ0) is 11.5. The molecule has 2 rings (SSSR count). The molecule has 0 fully saturated rings. The van der Waals surface area contributed by atoms with Crippen molar-refractivity contribution in [1.82, 2.24) is 0 Å². The Morgan fingerprint density at radius 1 is 0.750 bits per heavy atom. The van der Waals surface area contributed by atoms with E-state index >= 15 is 0 Å². The summed E-state index contributed by atoms with van der Waals surface area (Å²) in [6, 6.07) is 15.9. The van der Waals surface area contributed by atoms with Gasteiger partial charge in [0.1, 0.15) is 0 Å². The third-order valence-corrected chi connectivity index (χ3v) is 9.39. The number of hydrogen-bond donors (Lipinski definition) is 2. The van der Waals surface area contributed by atoms with Gasteiger partial charge in [-0.15, -0.1) is 0 Å². The van der Waals surface area contributed by atoms with Crippen LogP contribution in [0.4, 0.5) is 11.4 Å². The van der Waals surface area contributed by atoms with Crippen molar-refractivity contribution in [2.24, 2.45) is 0 Å². The quantitative estimate of drug-likeness (QED) is 0.602. The van der Waals surface area contributed by atoms with Gasteiger partial charge in [-0.2, -0.15) is 0 Å². The van der Waals surface area contributed by atoms with Crippen LogP contribution in [0.2, 0.25) is 0 Å². The molecular weight excluding hydrogens is 330 g/mol. The van der Waals surface area contributed by atoms with E-state index in [2.05, 4.69) is 25.8 Å². The second kappa shape index (κ2) is 4.94. The molecule has 0 aliphatic heterocycles. The van der Waals surface area contributed by atoms with Crippen LogP contribution < -0.4 is 20.4 Å². The zero-order valence-corrected chi connectivity index (χ0v) is 12.0. The van der Waals surface area contributed by atoms with E-state index in [1.165, 1.54) is 8.92 Å². The molecule has 2 aromatic rings. The first-order chi connectivity index (χ1) is 7.70. The Morgan fingerprint density at radius 2 is 1.12 bits per heavy atom. The number of benzene rings is 2. The molecular formula is C12H12N2Se2. The van der Waals surface area contributed by atoms with Gasteiger partial charge in [-0.25, -0.2) is 0 Å². The van der Waals surface area contributed by atoms with Crippen molar-refractivity contribution in [1.29, 1.82) is 0 Å². The van der Waals surface area contributed by atoms with Crippen LogP contribution in [0.25, 0.3) is 0 Å². The molecule has 0 aliphatic carbocycles. The Kier molecular flexibility index (Phi) is 3.57. The summed E-state index contributed by atoms with van der Waals surface area (Å²) in [6.07, 6.45) is 0. The van der Waals surface area contributed by atoms with Crippen LogP contribution in [0.15, 0.2) is 48.5 Å².